The zero-order chi connectivity index (χ0) is 16.7. The van der Waals surface area contributed by atoms with Crippen LogP contribution in [0.25, 0.3) is 0 Å². The average Bonchev–Trinajstić information content (AvgIpc) is 2.56. The molecule has 2 aromatic carbocycles. The number of nitrogens with one attached hydrogen (secondary N) is 1. The summed E-state index contributed by atoms with van der Waals surface area (Å²) < 4.78 is 6.53. The van der Waals surface area contributed by atoms with E-state index in [9.17, 15) is 4.79 Å². The minimum absolute atomic E-state index is 0.0239. The molecule has 1 N–H and O–H groups in total. The van der Waals surface area contributed by atoms with E-state index in [0.717, 1.165) is 22.3 Å². The fourth-order valence-electron chi connectivity index (χ4n) is 2.08. The second-order valence-corrected chi connectivity index (χ2v) is 6.16. The van der Waals surface area contributed by atoms with Gasteiger partial charge in [-0.3, -0.25) is 4.79 Å². The number of rotatable bonds is 7. The second kappa shape index (κ2) is 8.58. The highest BCUT2D eigenvalue weighted by Crippen LogP contribution is 2.21. The van der Waals surface area contributed by atoms with E-state index in [1.54, 1.807) is 0 Å². The van der Waals surface area contributed by atoms with Crippen molar-refractivity contribution in [3.63, 3.8) is 0 Å². The maximum Gasteiger partial charge on any atom is 0.258 e. The topological polar surface area (TPSA) is 41.6 Å². The number of carbonyl (C=O) groups excluding carboxylic acids is 1. The van der Waals surface area contributed by atoms with Gasteiger partial charge in [-0.1, -0.05) is 34.1 Å². The molecule has 0 aliphatic heterocycles. The first-order chi connectivity index (χ1) is 11.1. The minimum atomic E-state index is -0.118. The lowest BCUT2D eigenvalue weighted by atomic mass is 10.2. The van der Waals surface area contributed by atoms with Crippen LogP contribution >= 0.6 is 15.9 Å². The summed E-state index contributed by atoms with van der Waals surface area (Å²) in [5.41, 5.74) is 2.20. The molecule has 0 radical (unpaired) electrons. The summed E-state index contributed by atoms with van der Waals surface area (Å²) >= 11 is 3.44. The van der Waals surface area contributed by atoms with Crippen molar-refractivity contribution < 1.29 is 9.53 Å². The first kappa shape index (κ1) is 17.3. The molecule has 23 heavy (non-hydrogen) atoms. The van der Waals surface area contributed by atoms with E-state index in [0.29, 0.717) is 12.3 Å². The Labute approximate surface area is 145 Å². The number of aryl methyl sites for hydroxylation is 1. The number of anilines is 1. The van der Waals surface area contributed by atoms with Crippen molar-refractivity contribution in [3.05, 3.63) is 58.6 Å². The van der Waals surface area contributed by atoms with E-state index in [2.05, 4.69) is 26.1 Å². The predicted molar refractivity (Wildman–Crippen MR) is 97.1 cm³/mol. The lowest BCUT2D eigenvalue weighted by Gasteiger charge is -2.19. The first-order valence-corrected chi connectivity index (χ1v) is 8.27. The van der Waals surface area contributed by atoms with Crippen LogP contribution in [0.2, 0.25) is 0 Å². The van der Waals surface area contributed by atoms with Crippen LogP contribution in [0.15, 0.2) is 53.0 Å². The van der Waals surface area contributed by atoms with Crippen molar-refractivity contribution >= 4 is 27.5 Å². The Morgan fingerprint density at radius 1 is 1.22 bits per heavy atom. The first-order valence-electron chi connectivity index (χ1n) is 7.48. The van der Waals surface area contributed by atoms with Gasteiger partial charge in [0.15, 0.2) is 6.61 Å². The molecule has 2 rings (SSSR count). The zero-order valence-corrected chi connectivity index (χ0v) is 15.0. The van der Waals surface area contributed by atoms with Crippen LogP contribution in [0.5, 0.6) is 5.75 Å². The summed E-state index contributed by atoms with van der Waals surface area (Å²) in [4.78, 5) is 13.9. The summed E-state index contributed by atoms with van der Waals surface area (Å²) in [5, 5.41) is 2.86. The third-order valence-corrected chi connectivity index (χ3v) is 4.36. The van der Waals surface area contributed by atoms with Gasteiger partial charge in [0, 0.05) is 30.3 Å². The van der Waals surface area contributed by atoms with E-state index < -0.39 is 0 Å². The molecule has 4 nitrogen and oxygen atoms in total. The summed E-state index contributed by atoms with van der Waals surface area (Å²) in [6, 6.07) is 15.7. The van der Waals surface area contributed by atoms with Crippen molar-refractivity contribution in [1.82, 2.24) is 5.32 Å². The molecule has 0 saturated heterocycles. The molecule has 122 valence electrons. The quantitative estimate of drug-likeness (QED) is 0.804. The van der Waals surface area contributed by atoms with Gasteiger partial charge >= 0.3 is 0 Å². The molecule has 0 aromatic heterocycles. The molecule has 0 bridgehead atoms. The van der Waals surface area contributed by atoms with Crippen LogP contribution in [-0.2, 0) is 4.79 Å². The van der Waals surface area contributed by atoms with Crippen molar-refractivity contribution in [2.24, 2.45) is 0 Å². The van der Waals surface area contributed by atoms with Crippen molar-refractivity contribution in [3.8, 4) is 5.75 Å². The minimum Gasteiger partial charge on any atom is -0.484 e. The van der Waals surface area contributed by atoms with Gasteiger partial charge in [0.25, 0.3) is 5.91 Å². The Morgan fingerprint density at radius 2 is 1.96 bits per heavy atom. The molecular formula is C18H21BrN2O2. The van der Waals surface area contributed by atoms with E-state index in [-0.39, 0.29) is 12.5 Å². The van der Waals surface area contributed by atoms with Gasteiger partial charge < -0.3 is 15.0 Å². The van der Waals surface area contributed by atoms with Gasteiger partial charge in [-0.05, 0) is 42.8 Å². The van der Waals surface area contributed by atoms with Crippen LogP contribution in [0.4, 0.5) is 5.69 Å². The van der Waals surface area contributed by atoms with Crippen LogP contribution < -0.4 is 15.0 Å². The Bertz CT molecular complexity index is 647. The van der Waals surface area contributed by atoms with Gasteiger partial charge in [-0.2, -0.15) is 0 Å². The van der Waals surface area contributed by atoms with E-state index in [4.69, 9.17) is 4.74 Å². The number of nitrogens with zero attached hydrogens (tertiary/aromatic N) is 1. The fraction of sp³-hybridized carbons (Fsp3) is 0.278. The van der Waals surface area contributed by atoms with Crippen molar-refractivity contribution in [2.75, 3.05) is 31.6 Å². The normalized spacial score (nSPS) is 10.2. The molecule has 5 heteroatoms. The monoisotopic (exact) mass is 376 g/mol. The summed E-state index contributed by atoms with van der Waals surface area (Å²) in [6.45, 7) is 3.33. The van der Waals surface area contributed by atoms with Gasteiger partial charge in [0.05, 0.1) is 0 Å². The van der Waals surface area contributed by atoms with Crippen molar-refractivity contribution in [1.29, 1.82) is 0 Å². The molecule has 0 aliphatic carbocycles. The highest BCUT2D eigenvalue weighted by atomic mass is 79.9. The Morgan fingerprint density at radius 3 is 2.65 bits per heavy atom. The highest BCUT2D eigenvalue weighted by molar-refractivity contribution is 9.10. The Kier molecular flexibility index (Phi) is 6.47. The second-order valence-electron chi connectivity index (χ2n) is 5.31. The smallest absolute Gasteiger partial charge is 0.258 e. The Hall–Kier alpha value is -2.01. The molecule has 0 saturated carbocycles. The highest BCUT2D eigenvalue weighted by Gasteiger charge is 2.05. The summed E-state index contributed by atoms with van der Waals surface area (Å²) in [7, 11) is 2.00. The number of para-hydroxylation sites is 1. The number of hydrogen-bond acceptors (Lipinski definition) is 3. The van der Waals surface area contributed by atoms with Crippen LogP contribution in [0.3, 0.4) is 0 Å². The molecular weight excluding hydrogens is 356 g/mol. The molecule has 0 aliphatic rings. The Balaban J connectivity index is 1.70. The molecule has 0 spiro atoms. The molecule has 2 aromatic rings. The van der Waals surface area contributed by atoms with Gasteiger partial charge in [0.2, 0.25) is 0 Å². The number of ether oxygens (including phenoxy) is 1. The number of benzene rings is 2. The maximum atomic E-state index is 11.8. The predicted octanol–water partition coefficient (Wildman–Crippen LogP) is 3.39. The fourth-order valence-corrected chi connectivity index (χ4v) is 2.33. The molecule has 0 heterocycles. The van der Waals surface area contributed by atoms with Crippen LogP contribution in [-0.4, -0.2) is 32.7 Å². The van der Waals surface area contributed by atoms with Gasteiger partial charge in [0.1, 0.15) is 5.75 Å². The van der Waals surface area contributed by atoms with Gasteiger partial charge in [-0.25, -0.2) is 0 Å². The van der Waals surface area contributed by atoms with E-state index >= 15 is 0 Å². The summed E-state index contributed by atoms with van der Waals surface area (Å²) in [6.07, 6.45) is 0. The average molecular weight is 377 g/mol. The van der Waals surface area contributed by atoms with Crippen molar-refractivity contribution in [2.45, 2.75) is 6.92 Å². The van der Waals surface area contributed by atoms with Crippen LogP contribution in [0, 0.1) is 6.92 Å². The van der Waals surface area contributed by atoms with Crippen LogP contribution in [0.1, 0.15) is 5.56 Å². The lowest BCUT2D eigenvalue weighted by molar-refractivity contribution is -0.123. The maximum absolute atomic E-state index is 11.8. The molecule has 0 fully saturated rings. The molecule has 0 atom stereocenters. The molecule has 0 unspecified atom stereocenters. The number of likely N-dealkylation sites (N-methyl/N-ethyl adjacent to an activating group) is 1. The number of carbonyl (C=O) groups is 1. The SMILES string of the molecule is Cc1cc(OCC(=O)NCCN(C)c2ccccc2)ccc1Br. The number of halogens is 1. The zero-order valence-electron chi connectivity index (χ0n) is 13.4. The third-order valence-electron chi connectivity index (χ3n) is 3.47. The largest absolute Gasteiger partial charge is 0.484 e. The summed E-state index contributed by atoms with van der Waals surface area (Å²) in [5.74, 6) is 0.578. The standard InChI is InChI=1S/C18H21BrN2O2/c1-14-12-16(8-9-17(14)19)23-13-18(22)20-10-11-21(2)15-6-4-3-5-7-15/h3-9,12H,10-11,13H2,1-2H3,(H,20,22). The van der Waals surface area contributed by atoms with Gasteiger partial charge in [-0.15, -0.1) is 0 Å². The van der Waals surface area contributed by atoms with E-state index in [1.165, 1.54) is 0 Å². The number of amides is 1. The lowest BCUT2D eigenvalue weighted by Crippen LogP contribution is -2.35. The molecule has 1 amide bonds. The third kappa shape index (κ3) is 5.60. The number of hydrogen-bond donors (Lipinski definition) is 1. The van der Waals surface area contributed by atoms with E-state index in [1.807, 2.05) is 62.5 Å².